The average molecular weight is 364 g/mol. The number of para-hydroxylation sites is 1. The van der Waals surface area contributed by atoms with Gasteiger partial charge >= 0.3 is 6.03 Å². The maximum Gasteiger partial charge on any atom is 0.319 e. The summed E-state index contributed by atoms with van der Waals surface area (Å²) in [4.78, 5) is 12.1. The Hall–Kier alpha value is -3.48. The smallest absolute Gasteiger partial charge is 0.319 e. The number of carbonyl (C=O) groups is 1. The van der Waals surface area contributed by atoms with Crippen LogP contribution in [0, 0.1) is 0 Å². The van der Waals surface area contributed by atoms with Crippen molar-refractivity contribution in [3.8, 4) is 17.2 Å². The predicted molar refractivity (Wildman–Crippen MR) is 102 cm³/mol. The van der Waals surface area contributed by atoms with Crippen LogP contribution in [0.25, 0.3) is 5.69 Å². The summed E-state index contributed by atoms with van der Waals surface area (Å²) in [5, 5.41) is 10.0. The van der Waals surface area contributed by atoms with E-state index in [0.717, 1.165) is 11.3 Å². The van der Waals surface area contributed by atoms with E-state index in [1.54, 1.807) is 18.2 Å². The molecule has 0 spiro atoms. The Morgan fingerprint density at radius 3 is 2.74 bits per heavy atom. The number of urea groups is 1. The highest BCUT2D eigenvalue weighted by molar-refractivity contribution is 5.89. The Morgan fingerprint density at radius 1 is 1.07 bits per heavy atom. The number of amides is 2. The van der Waals surface area contributed by atoms with Gasteiger partial charge in [0.1, 0.15) is 13.2 Å². The summed E-state index contributed by atoms with van der Waals surface area (Å²) >= 11 is 0. The Kier molecular flexibility index (Phi) is 4.91. The van der Waals surface area contributed by atoms with Crippen molar-refractivity contribution < 1.29 is 14.3 Å². The summed E-state index contributed by atoms with van der Waals surface area (Å²) < 4.78 is 12.8. The SMILES string of the molecule is O=C(NCCc1cnn(-c2ccccc2)c1)Nc1ccc2c(c1)OCCO2. The molecule has 0 bridgehead atoms. The van der Waals surface area contributed by atoms with E-state index in [0.29, 0.717) is 43.4 Å². The zero-order valence-electron chi connectivity index (χ0n) is 14.7. The lowest BCUT2D eigenvalue weighted by atomic mass is 10.2. The molecule has 2 amide bonds. The van der Waals surface area contributed by atoms with Crippen LogP contribution in [-0.2, 0) is 6.42 Å². The summed E-state index contributed by atoms with van der Waals surface area (Å²) in [6, 6.07) is 15.0. The first-order valence-corrected chi connectivity index (χ1v) is 8.81. The molecule has 0 aliphatic carbocycles. The van der Waals surface area contributed by atoms with E-state index in [1.807, 2.05) is 47.4 Å². The number of aromatic nitrogens is 2. The number of nitrogens with one attached hydrogen (secondary N) is 2. The molecular formula is C20H20N4O3. The lowest BCUT2D eigenvalue weighted by Gasteiger charge is -2.19. The lowest BCUT2D eigenvalue weighted by Crippen LogP contribution is -2.30. The van der Waals surface area contributed by atoms with Crippen molar-refractivity contribution in [1.82, 2.24) is 15.1 Å². The molecule has 0 saturated carbocycles. The fraction of sp³-hybridized carbons (Fsp3) is 0.200. The molecule has 2 heterocycles. The van der Waals surface area contributed by atoms with Crippen LogP contribution in [0.15, 0.2) is 60.9 Å². The normalized spacial score (nSPS) is 12.4. The summed E-state index contributed by atoms with van der Waals surface area (Å²) in [6.45, 7) is 1.57. The standard InChI is InChI=1S/C20H20N4O3/c25-20(23-16-6-7-18-19(12-16)27-11-10-26-18)21-9-8-15-13-22-24(14-15)17-4-2-1-3-5-17/h1-7,12-14H,8-11H2,(H2,21,23,25). The van der Waals surface area contributed by atoms with Gasteiger partial charge in [-0.1, -0.05) is 18.2 Å². The molecule has 0 atom stereocenters. The highest BCUT2D eigenvalue weighted by Gasteiger charge is 2.12. The first kappa shape index (κ1) is 17.0. The number of fused-ring (bicyclic) bond motifs is 1. The molecule has 3 aromatic rings. The van der Waals surface area contributed by atoms with Crippen LogP contribution in [0.1, 0.15) is 5.56 Å². The van der Waals surface area contributed by atoms with Gasteiger partial charge in [-0.25, -0.2) is 9.48 Å². The van der Waals surface area contributed by atoms with Gasteiger partial charge in [0.05, 0.1) is 11.9 Å². The third-order valence-corrected chi connectivity index (χ3v) is 4.16. The molecule has 2 aromatic carbocycles. The van der Waals surface area contributed by atoms with Crippen molar-refractivity contribution in [3.05, 3.63) is 66.5 Å². The first-order chi connectivity index (χ1) is 13.3. The van der Waals surface area contributed by atoms with Gasteiger partial charge in [-0.3, -0.25) is 0 Å². The van der Waals surface area contributed by atoms with E-state index in [4.69, 9.17) is 9.47 Å². The minimum absolute atomic E-state index is 0.262. The second kappa shape index (κ2) is 7.82. The molecule has 1 aromatic heterocycles. The van der Waals surface area contributed by atoms with E-state index in [1.165, 1.54) is 0 Å². The number of hydrogen-bond donors (Lipinski definition) is 2. The number of nitrogens with zero attached hydrogens (tertiary/aromatic N) is 2. The van der Waals surface area contributed by atoms with Gasteiger partial charge in [0.25, 0.3) is 0 Å². The van der Waals surface area contributed by atoms with Gasteiger partial charge in [0, 0.05) is 24.5 Å². The van der Waals surface area contributed by atoms with Crippen molar-refractivity contribution >= 4 is 11.7 Å². The number of rotatable bonds is 5. The lowest BCUT2D eigenvalue weighted by molar-refractivity contribution is 0.171. The Bertz CT molecular complexity index is 924. The number of carbonyl (C=O) groups excluding carboxylic acids is 1. The van der Waals surface area contributed by atoms with E-state index in [9.17, 15) is 4.79 Å². The minimum atomic E-state index is -0.262. The number of hydrogen-bond acceptors (Lipinski definition) is 4. The number of anilines is 1. The maximum atomic E-state index is 12.1. The molecular weight excluding hydrogens is 344 g/mol. The Balaban J connectivity index is 1.27. The Labute approximate surface area is 156 Å². The summed E-state index contributed by atoms with van der Waals surface area (Å²) in [7, 11) is 0. The molecule has 0 unspecified atom stereocenters. The van der Waals surface area contributed by atoms with Crippen molar-refractivity contribution in [2.45, 2.75) is 6.42 Å². The van der Waals surface area contributed by atoms with Crippen LogP contribution in [-0.4, -0.2) is 35.6 Å². The van der Waals surface area contributed by atoms with Gasteiger partial charge in [0.15, 0.2) is 11.5 Å². The first-order valence-electron chi connectivity index (χ1n) is 8.81. The van der Waals surface area contributed by atoms with E-state index < -0.39 is 0 Å². The highest BCUT2D eigenvalue weighted by atomic mass is 16.6. The van der Waals surface area contributed by atoms with Crippen LogP contribution in [0.4, 0.5) is 10.5 Å². The van der Waals surface area contributed by atoms with Gasteiger partial charge in [0.2, 0.25) is 0 Å². The second-order valence-electron chi connectivity index (χ2n) is 6.12. The number of ether oxygens (including phenoxy) is 2. The molecule has 7 heteroatoms. The molecule has 4 rings (SSSR count). The molecule has 1 aliphatic rings. The van der Waals surface area contributed by atoms with E-state index in [-0.39, 0.29) is 6.03 Å². The Morgan fingerprint density at radius 2 is 1.89 bits per heavy atom. The van der Waals surface area contributed by atoms with Gasteiger partial charge in [-0.05, 0) is 36.2 Å². The molecule has 7 nitrogen and oxygen atoms in total. The quantitative estimate of drug-likeness (QED) is 0.730. The van der Waals surface area contributed by atoms with Crippen molar-refractivity contribution in [2.24, 2.45) is 0 Å². The third-order valence-electron chi connectivity index (χ3n) is 4.16. The van der Waals surface area contributed by atoms with Gasteiger partial charge in [-0.15, -0.1) is 0 Å². The molecule has 0 fully saturated rings. The van der Waals surface area contributed by atoms with Crippen LogP contribution in [0.5, 0.6) is 11.5 Å². The van der Waals surface area contributed by atoms with Crippen LogP contribution in [0.3, 0.4) is 0 Å². The molecule has 0 radical (unpaired) electrons. The molecule has 138 valence electrons. The summed E-state index contributed by atoms with van der Waals surface area (Å²) in [6.07, 6.45) is 4.48. The monoisotopic (exact) mass is 364 g/mol. The second-order valence-corrected chi connectivity index (χ2v) is 6.12. The zero-order chi connectivity index (χ0) is 18.5. The average Bonchev–Trinajstić information content (AvgIpc) is 3.17. The largest absolute Gasteiger partial charge is 0.486 e. The summed E-state index contributed by atoms with van der Waals surface area (Å²) in [5.41, 5.74) is 2.72. The zero-order valence-corrected chi connectivity index (χ0v) is 14.7. The predicted octanol–water partition coefficient (Wildman–Crippen LogP) is 3.01. The minimum Gasteiger partial charge on any atom is -0.486 e. The van der Waals surface area contributed by atoms with E-state index in [2.05, 4.69) is 15.7 Å². The fourth-order valence-electron chi connectivity index (χ4n) is 2.83. The maximum absolute atomic E-state index is 12.1. The number of benzene rings is 2. The van der Waals surface area contributed by atoms with Crippen LogP contribution < -0.4 is 20.1 Å². The van der Waals surface area contributed by atoms with Crippen LogP contribution in [0.2, 0.25) is 0 Å². The van der Waals surface area contributed by atoms with E-state index >= 15 is 0 Å². The summed E-state index contributed by atoms with van der Waals surface area (Å²) in [5.74, 6) is 1.34. The molecule has 27 heavy (non-hydrogen) atoms. The molecule has 0 saturated heterocycles. The highest BCUT2D eigenvalue weighted by Crippen LogP contribution is 2.32. The van der Waals surface area contributed by atoms with Crippen molar-refractivity contribution in [1.29, 1.82) is 0 Å². The molecule has 2 N–H and O–H groups in total. The molecule has 1 aliphatic heterocycles. The van der Waals surface area contributed by atoms with Gasteiger partial charge in [-0.2, -0.15) is 5.10 Å². The van der Waals surface area contributed by atoms with Crippen molar-refractivity contribution in [3.63, 3.8) is 0 Å². The van der Waals surface area contributed by atoms with Crippen molar-refractivity contribution in [2.75, 3.05) is 25.1 Å². The third kappa shape index (κ3) is 4.20. The van der Waals surface area contributed by atoms with Crippen LogP contribution >= 0.6 is 0 Å². The fourth-order valence-corrected chi connectivity index (χ4v) is 2.83. The van der Waals surface area contributed by atoms with Gasteiger partial charge < -0.3 is 20.1 Å². The topological polar surface area (TPSA) is 77.4 Å².